The summed E-state index contributed by atoms with van der Waals surface area (Å²) in [6, 6.07) is 4.55. The van der Waals surface area contributed by atoms with Crippen molar-refractivity contribution in [1.29, 1.82) is 0 Å². The molecule has 1 aromatic heterocycles. The molecule has 0 fully saturated rings. The first-order chi connectivity index (χ1) is 15.4. The second-order valence-electron chi connectivity index (χ2n) is 7.31. The molecule has 0 bridgehead atoms. The van der Waals surface area contributed by atoms with E-state index in [9.17, 15) is 41.8 Å². The second kappa shape index (κ2) is 8.72. The lowest BCUT2D eigenvalue weighted by atomic mass is 9.92. The summed E-state index contributed by atoms with van der Waals surface area (Å²) in [5.41, 5.74) is -0.571. The average molecular weight is 471 g/mol. The SMILES string of the molecule is CCC[C@H](C(=O)O)c1c(C)n(C(=O)c2ccc(OC(F)(F)F)cc2)c2cc(F)c(O)c(F)c12. The van der Waals surface area contributed by atoms with E-state index in [4.69, 9.17) is 0 Å². The summed E-state index contributed by atoms with van der Waals surface area (Å²) in [4.78, 5) is 25.1. The molecule has 0 spiro atoms. The van der Waals surface area contributed by atoms with Gasteiger partial charge in [-0.05, 0) is 43.2 Å². The summed E-state index contributed by atoms with van der Waals surface area (Å²) in [7, 11) is 0. The van der Waals surface area contributed by atoms with Gasteiger partial charge in [-0.2, -0.15) is 0 Å². The maximum atomic E-state index is 14.9. The molecule has 33 heavy (non-hydrogen) atoms. The van der Waals surface area contributed by atoms with Crippen LogP contribution in [0.4, 0.5) is 22.0 Å². The third kappa shape index (κ3) is 4.48. The number of hydrogen-bond acceptors (Lipinski definition) is 4. The number of halogens is 5. The molecule has 6 nitrogen and oxygen atoms in total. The fourth-order valence-corrected chi connectivity index (χ4v) is 3.81. The van der Waals surface area contributed by atoms with Crippen molar-refractivity contribution in [2.45, 2.75) is 39.0 Å². The molecule has 0 saturated heterocycles. The van der Waals surface area contributed by atoms with Crippen molar-refractivity contribution in [3.05, 3.63) is 58.8 Å². The highest BCUT2D eigenvalue weighted by Gasteiger charge is 2.33. The van der Waals surface area contributed by atoms with Crippen molar-refractivity contribution in [2.24, 2.45) is 0 Å². The van der Waals surface area contributed by atoms with E-state index in [0.717, 1.165) is 28.8 Å². The van der Waals surface area contributed by atoms with E-state index < -0.39 is 52.7 Å². The number of nitrogens with zero attached hydrogens (tertiary/aromatic N) is 1. The minimum absolute atomic E-state index is 0.00429. The molecule has 1 heterocycles. The third-order valence-corrected chi connectivity index (χ3v) is 5.17. The number of aromatic nitrogens is 1. The minimum Gasteiger partial charge on any atom is -0.503 e. The predicted molar refractivity (Wildman–Crippen MR) is 106 cm³/mol. The average Bonchev–Trinajstić information content (AvgIpc) is 3.00. The zero-order chi connectivity index (χ0) is 24.7. The van der Waals surface area contributed by atoms with Crippen molar-refractivity contribution in [2.75, 3.05) is 0 Å². The lowest BCUT2D eigenvalue weighted by molar-refractivity contribution is -0.274. The van der Waals surface area contributed by atoms with E-state index in [1.165, 1.54) is 6.92 Å². The van der Waals surface area contributed by atoms with Crippen molar-refractivity contribution in [3.63, 3.8) is 0 Å². The molecule has 0 amide bonds. The summed E-state index contributed by atoms with van der Waals surface area (Å²) >= 11 is 0. The van der Waals surface area contributed by atoms with Gasteiger partial charge in [-0.3, -0.25) is 14.2 Å². The summed E-state index contributed by atoms with van der Waals surface area (Å²) in [5, 5.41) is 19.0. The Morgan fingerprint density at radius 2 is 1.76 bits per heavy atom. The molecule has 0 aliphatic carbocycles. The molecule has 0 aliphatic rings. The molecular formula is C22H18F5NO5. The van der Waals surface area contributed by atoms with Crippen LogP contribution in [0.2, 0.25) is 0 Å². The Kier molecular flexibility index (Phi) is 6.35. The Morgan fingerprint density at radius 1 is 1.15 bits per heavy atom. The van der Waals surface area contributed by atoms with Crippen LogP contribution in [0.1, 0.15) is 47.3 Å². The molecular weight excluding hydrogens is 453 g/mol. The Bertz CT molecular complexity index is 1230. The zero-order valence-corrected chi connectivity index (χ0v) is 17.3. The van der Waals surface area contributed by atoms with Gasteiger partial charge in [0.15, 0.2) is 17.4 Å². The number of benzene rings is 2. The number of carbonyl (C=O) groups is 2. The van der Waals surface area contributed by atoms with E-state index >= 15 is 0 Å². The van der Waals surface area contributed by atoms with Crippen LogP contribution in [0.15, 0.2) is 30.3 Å². The minimum atomic E-state index is -4.93. The monoisotopic (exact) mass is 471 g/mol. The zero-order valence-electron chi connectivity index (χ0n) is 17.3. The summed E-state index contributed by atoms with van der Waals surface area (Å²) < 4.78 is 70.8. The van der Waals surface area contributed by atoms with E-state index in [2.05, 4.69) is 4.74 Å². The fourth-order valence-electron chi connectivity index (χ4n) is 3.81. The third-order valence-electron chi connectivity index (χ3n) is 5.17. The first-order valence-corrected chi connectivity index (χ1v) is 9.72. The number of carbonyl (C=O) groups excluding carboxylic acids is 1. The second-order valence-corrected chi connectivity index (χ2v) is 7.31. The van der Waals surface area contributed by atoms with Crippen LogP contribution in [0.3, 0.4) is 0 Å². The summed E-state index contributed by atoms with van der Waals surface area (Å²) in [6.07, 6.45) is -4.47. The van der Waals surface area contributed by atoms with Gasteiger partial charge in [-0.1, -0.05) is 13.3 Å². The number of hydrogen-bond donors (Lipinski definition) is 2. The van der Waals surface area contributed by atoms with E-state index in [1.807, 2.05) is 0 Å². The van der Waals surface area contributed by atoms with Crippen LogP contribution in [-0.2, 0) is 4.79 Å². The number of ether oxygens (including phenoxy) is 1. The molecule has 1 atom stereocenters. The molecule has 0 unspecified atom stereocenters. The highest BCUT2D eigenvalue weighted by molar-refractivity contribution is 6.05. The maximum Gasteiger partial charge on any atom is 0.573 e. The van der Waals surface area contributed by atoms with E-state index in [1.54, 1.807) is 6.92 Å². The van der Waals surface area contributed by atoms with Gasteiger partial charge in [0.2, 0.25) is 0 Å². The van der Waals surface area contributed by atoms with Crippen LogP contribution in [0.5, 0.6) is 11.5 Å². The standard InChI is InChI=1S/C22H18F5NO5/c1-3-4-13(21(31)32)16-10(2)28(15-9-14(23)19(29)18(24)17(15)16)20(30)11-5-7-12(8-6-11)33-22(25,26)27/h5-9,13,29H,3-4H2,1-2H3,(H,31,32)/t13-/m0/s1. The summed E-state index contributed by atoms with van der Waals surface area (Å²) in [6.45, 7) is 3.04. The maximum absolute atomic E-state index is 14.9. The Hall–Kier alpha value is -3.63. The van der Waals surface area contributed by atoms with Crippen molar-refractivity contribution >= 4 is 22.8 Å². The highest BCUT2D eigenvalue weighted by Crippen LogP contribution is 2.40. The van der Waals surface area contributed by atoms with Crippen molar-refractivity contribution < 1.29 is 46.5 Å². The van der Waals surface area contributed by atoms with E-state index in [0.29, 0.717) is 12.5 Å². The van der Waals surface area contributed by atoms with E-state index in [-0.39, 0.29) is 28.8 Å². The quantitative estimate of drug-likeness (QED) is 0.464. The topological polar surface area (TPSA) is 88.8 Å². The molecule has 176 valence electrons. The number of carboxylic acid groups (broad SMARTS) is 1. The molecule has 3 rings (SSSR count). The number of phenols is 1. The number of aromatic hydroxyl groups is 1. The molecule has 0 radical (unpaired) electrons. The molecule has 0 aliphatic heterocycles. The lowest BCUT2D eigenvalue weighted by Gasteiger charge is -2.13. The number of alkyl halides is 3. The molecule has 3 aromatic rings. The number of phenolic OH excluding ortho intramolecular Hbond substituents is 1. The first-order valence-electron chi connectivity index (χ1n) is 9.72. The Labute approximate surface area is 183 Å². The number of carboxylic acids is 1. The Balaban J connectivity index is 2.24. The van der Waals surface area contributed by atoms with Gasteiger partial charge in [0.1, 0.15) is 5.75 Å². The smallest absolute Gasteiger partial charge is 0.503 e. The fraction of sp³-hybridized carbons (Fsp3) is 0.273. The number of aliphatic carboxylic acids is 1. The van der Waals surface area contributed by atoms with Gasteiger partial charge in [0, 0.05) is 22.7 Å². The van der Waals surface area contributed by atoms with Gasteiger partial charge in [-0.15, -0.1) is 13.2 Å². The van der Waals surface area contributed by atoms with Crippen molar-refractivity contribution in [1.82, 2.24) is 4.57 Å². The van der Waals surface area contributed by atoms with Crippen LogP contribution < -0.4 is 4.74 Å². The largest absolute Gasteiger partial charge is 0.573 e. The van der Waals surface area contributed by atoms with Crippen LogP contribution in [-0.4, -0.2) is 33.0 Å². The lowest BCUT2D eigenvalue weighted by Crippen LogP contribution is -2.18. The van der Waals surface area contributed by atoms with Gasteiger partial charge >= 0.3 is 12.3 Å². The normalized spacial score (nSPS) is 12.7. The molecule has 2 aromatic carbocycles. The van der Waals surface area contributed by atoms with Gasteiger partial charge in [-0.25, -0.2) is 8.78 Å². The van der Waals surface area contributed by atoms with Crippen LogP contribution >= 0.6 is 0 Å². The highest BCUT2D eigenvalue weighted by atomic mass is 19.4. The number of fused-ring (bicyclic) bond motifs is 1. The molecule has 2 N–H and O–H groups in total. The molecule has 11 heteroatoms. The van der Waals surface area contributed by atoms with Crippen LogP contribution in [0, 0.1) is 18.6 Å². The van der Waals surface area contributed by atoms with Crippen LogP contribution in [0.25, 0.3) is 10.9 Å². The molecule has 0 saturated carbocycles. The van der Waals surface area contributed by atoms with Crippen molar-refractivity contribution in [3.8, 4) is 11.5 Å². The van der Waals surface area contributed by atoms with Gasteiger partial charge in [0.25, 0.3) is 5.91 Å². The van der Waals surface area contributed by atoms with Gasteiger partial charge < -0.3 is 14.9 Å². The Morgan fingerprint density at radius 3 is 2.27 bits per heavy atom. The summed E-state index contributed by atoms with van der Waals surface area (Å²) in [5.74, 6) is -8.10. The number of rotatable bonds is 6. The first kappa shape index (κ1) is 24.0. The predicted octanol–water partition coefficient (Wildman–Crippen LogP) is 5.49. The van der Waals surface area contributed by atoms with Gasteiger partial charge in [0.05, 0.1) is 11.4 Å².